The van der Waals surface area contributed by atoms with Crippen molar-refractivity contribution in [2.45, 2.75) is 51.7 Å². The molecule has 364 valence electrons. The van der Waals surface area contributed by atoms with Crippen LogP contribution in [0.25, 0.3) is 22.8 Å². The molecule has 0 unspecified atom stereocenters. The van der Waals surface area contributed by atoms with Crippen LogP contribution in [-0.2, 0) is 23.3 Å². The first-order valence-corrected chi connectivity index (χ1v) is 25.4. The maximum atomic E-state index is 12.7. The Hall–Kier alpha value is -6.18. The fourth-order valence-corrected chi connectivity index (χ4v) is 7.86. The van der Waals surface area contributed by atoms with E-state index in [0.717, 1.165) is 22.3 Å². The fourth-order valence-electron chi connectivity index (χ4n) is 5.87. The van der Waals surface area contributed by atoms with E-state index in [0.29, 0.717) is 38.2 Å². The molecule has 0 bridgehead atoms. The van der Waals surface area contributed by atoms with Gasteiger partial charge in [0.1, 0.15) is 60.3 Å². The van der Waals surface area contributed by atoms with E-state index in [1.165, 1.54) is 51.9 Å². The van der Waals surface area contributed by atoms with E-state index < -0.39 is 54.1 Å². The van der Waals surface area contributed by atoms with Crippen molar-refractivity contribution in [3.63, 3.8) is 0 Å². The van der Waals surface area contributed by atoms with Crippen molar-refractivity contribution >= 4 is 63.4 Å². The zero-order valence-corrected chi connectivity index (χ0v) is 42.5. The largest absolute Gasteiger partial charge is 0.501 e. The summed E-state index contributed by atoms with van der Waals surface area (Å²) in [6, 6.07) is 10.3. The van der Waals surface area contributed by atoms with Gasteiger partial charge in [0.2, 0.25) is 11.5 Å². The molecule has 2 aromatic carbocycles. The number of para-hydroxylation sites is 2. The molecule has 6 aromatic rings. The number of aliphatic hydroxyl groups is 1. The predicted octanol–water partition coefficient (Wildman–Crippen LogP) is 6.88. The minimum Gasteiger partial charge on any atom is -0.501 e. The van der Waals surface area contributed by atoms with Gasteiger partial charge in [-0.15, -0.1) is 0 Å². The Bertz CT molecular complexity index is 2780. The Labute approximate surface area is 407 Å². The third-order valence-electron chi connectivity index (χ3n) is 10.5. The summed E-state index contributed by atoms with van der Waals surface area (Å²) < 4.78 is 35.5. The molecule has 1 saturated heterocycles. The van der Waals surface area contributed by atoms with E-state index in [1.807, 2.05) is 0 Å². The molecule has 5 N–H and O–H groups in total. The molecular weight excluding hydrogens is 1040 g/mol. The predicted molar refractivity (Wildman–Crippen MR) is 259 cm³/mol. The van der Waals surface area contributed by atoms with E-state index >= 15 is 0 Å². The fraction of sp³-hybridized carbons (Fsp3) is 0.364. The van der Waals surface area contributed by atoms with Crippen molar-refractivity contribution in [1.29, 1.82) is 0 Å². The van der Waals surface area contributed by atoms with Crippen LogP contribution < -0.4 is 31.2 Å². The van der Waals surface area contributed by atoms with Crippen LogP contribution in [0.1, 0.15) is 54.6 Å². The van der Waals surface area contributed by atoms with Crippen molar-refractivity contribution in [2.75, 3.05) is 50.3 Å². The number of benzene rings is 2. The molecule has 0 atom stereocenters. The standard InChI is InChI=1S/C23H29BrN4O6Si.C17H15BrN4O6.C4H8O/c1-23(2,3)35(5,6)34-11-10-32-19-15(8-7-9-16(19)24)20-27-17(18(29)22(31)28(20)4)21(30)26-14-12-25-33-13-14;1-22-15(10-3-2-4-11(18)14(10)27-6-5-23)21-12(13(24)17(22)26)16(25)20-9-7-19-28-8-9;1-2-4-5-3-1/h7-9,12-13,29H,10-11H2,1-6H3,(H,26,30);2-4,7-8,23-24H,5-6H2,1H3,(H,20,25);1-4H2. The summed E-state index contributed by atoms with van der Waals surface area (Å²) in [5.41, 5.74) is -1.14. The summed E-state index contributed by atoms with van der Waals surface area (Å²) >= 11 is 6.85. The molecule has 2 amide bonds. The average Bonchev–Trinajstić information content (AvgIpc) is 4.14. The van der Waals surface area contributed by atoms with Crippen molar-refractivity contribution in [3.05, 3.63) is 102 Å². The Morgan fingerprint density at radius 1 is 0.750 bits per heavy atom. The number of halogens is 2. The zero-order chi connectivity index (χ0) is 49.8. The first kappa shape index (κ1) is 52.8. The van der Waals surface area contributed by atoms with Crippen LogP contribution >= 0.6 is 31.9 Å². The number of anilines is 2. The van der Waals surface area contributed by atoms with Crippen LogP contribution in [0.15, 0.2) is 88.9 Å². The van der Waals surface area contributed by atoms with E-state index in [1.54, 1.807) is 36.4 Å². The van der Waals surface area contributed by atoms with Gasteiger partial charge in [0, 0.05) is 27.3 Å². The normalized spacial score (nSPS) is 12.3. The number of amides is 2. The number of nitrogens with zero attached hydrogens (tertiary/aromatic N) is 6. The number of nitrogens with one attached hydrogen (secondary N) is 2. The molecule has 0 spiro atoms. The summed E-state index contributed by atoms with van der Waals surface area (Å²) in [6.07, 6.45) is 7.49. The molecule has 7 rings (SSSR count). The SMILES string of the molecule is C1CCOC1.Cn1c(-c2cccc(Br)c2OCCO)nc(C(=O)Nc2cnoc2)c(O)c1=O.Cn1c(-c2cccc(Br)c2OCCO[Si](C)(C)C(C)(C)C)nc(C(=O)Nc2cnoc2)c(O)c1=O. The first-order chi connectivity index (χ1) is 32.3. The summed E-state index contributed by atoms with van der Waals surface area (Å²) in [5.74, 6) is -2.17. The summed E-state index contributed by atoms with van der Waals surface area (Å²) in [6.45, 7) is 13.3. The number of aromatic hydroxyl groups is 2. The number of hydrogen-bond donors (Lipinski definition) is 5. The topological polar surface area (TPSA) is 278 Å². The highest BCUT2D eigenvalue weighted by atomic mass is 79.9. The Morgan fingerprint density at radius 2 is 1.19 bits per heavy atom. The van der Waals surface area contributed by atoms with E-state index in [4.69, 9.17) is 23.7 Å². The average molecular weight is 1090 g/mol. The second-order valence-electron chi connectivity index (χ2n) is 16.3. The first-order valence-electron chi connectivity index (χ1n) is 20.9. The molecular formula is C44H52Br2N8O13Si. The second kappa shape index (κ2) is 23.7. The highest BCUT2D eigenvalue weighted by Gasteiger charge is 2.37. The summed E-state index contributed by atoms with van der Waals surface area (Å²) in [5, 5.41) is 41.5. The van der Waals surface area contributed by atoms with E-state index in [9.17, 15) is 29.4 Å². The molecule has 1 aliphatic heterocycles. The van der Waals surface area contributed by atoms with Crippen molar-refractivity contribution in [1.82, 2.24) is 29.4 Å². The van der Waals surface area contributed by atoms with Gasteiger partial charge in [0.25, 0.3) is 22.9 Å². The highest BCUT2D eigenvalue weighted by Crippen LogP contribution is 2.39. The third-order valence-corrected chi connectivity index (χ3v) is 16.3. The van der Waals surface area contributed by atoms with Gasteiger partial charge in [0.05, 0.1) is 45.7 Å². The molecule has 5 heterocycles. The van der Waals surface area contributed by atoms with Gasteiger partial charge >= 0.3 is 0 Å². The van der Waals surface area contributed by atoms with Crippen LogP contribution in [-0.4, -0.2) is 105 Å². The maximum absolute atomic E-state index is 12.7. The lowest BCUT2D eigenvalue weighted by Gasteiger charge is -2.36. The molecule has 21 nitrogen and oxygen atoms in total. The third kappa shape index (κ3) is 13.1. The number of aromatic nitrogens is 6. The van der Waals surface area contributed by atoms with Crippen LogP contribution in [0.2, 0.25) is 18.1 Å². The smallest absolute Gasteiger partial charge is 0.296 e. The lowest BCUT2D eigenvalue weighted by molar-refractivity contribution is 0.101. The van der Waals surface area contributed by atoms with Gasteiger partial charge in [-0.2, -0.15) is 0 Å². The maximum Gasteiger partial charge on any atom is 0.296 e. The number of carbonyl (C=O) groups is 2. The van der Waals surface area contributed by atoms with E-state index in [-0.39, 0.29) is 47.9 Å². The van der Waals surface area contributed by atoms with Crippen LogP contribution in [0.3, 0.4) is 0 Å². The molecule has 1 fully saturated rings. The van der Waals surface area contributed by atoms with Crippen LogP contribution in [0, 0.1) is 0 Å². The van der Waals surface area contributed by atoms with Crippen molar-refractivity contribution in [2.24, 2.45) is 14.1 Å². The van der Waals surface area contributed by atoms with Crippen LogP contribution in [0.5, 0.6) is 23.0 Å². The quantitative estimate of drug-likeness (QED) is 0.0549. The lowest BCUT2D eigenvalue weighted by Crippen LogP contribution is -2.41. The Balaban J connectivity index is 0.000000234. The van der Waals surface area contributed by atoms with Crippen molar-refractivity contribution < 1.29 is 52.6 Å². The van der Waals surface area contributed by atoms with Gasteiger partial charge < -0.3 is 53.6 Å². The van der Waals surface area contributed by atoms with E-state index in [2.05, 4.69) is 106 Å². The molecule has 4 aromatic heterocycles. The van der Waals surface area contributed by atoms with Gasteiger partial charge in [0.15, 0.2) is 19.7 Å². The number of ether oxygens (including phenoxy) is 3. The molecule has 24 heteroatoms. The number of carbonyl (C=O) groups excluding carboxylic acids is 2. The molecule has 0 aliphatic carbocycles. The molecule has 0 saturated carbocycles. The minimum absolute atomic E-state index is 0.0163. The number of rotatable bonds is 14. The summed E-state index contributed by atoms with van der Waals surface area (Å²) in [7, 11) is 0.924. The Kier molecular flexibility index (Phi) is 18.4. The van der Waals surface area contributed by atoms with Crippen molar-refractivity contribution in [3.8, 4) is 45.8 Å². The monoisotopic (exact) mass is 1090 g/mol. The molecule has 68 heavy (non-hydrogen) atoms. The van der Waals surface area contributed by atoms with Gasteiger partial charge in [-0.1, -0.05) is 43.2 Å². The van der Waals surface area contributed by atoms with Crippen LogP contribution in [0.4, 0.5) is 11.4 Å². The lowest BCUT2D eigenvalue weighted by atomic mass is 10.1. The molecule has 0 radical (unpaired) electrons. The second-order valence-corrected chi connectivity index (χ2v) is 22.8. The number of hydrogen-bond acceptors (Lipinski definition) is 17. The molecule has 1 aliphatic rings. The van der Waals surface area contributed by atoms with Gasteiger partial charge in [-0.05, 0) is 87.1 Å². The van der Waals surface area contributed by atoms with Gasteiger partial charge in [-0.25, -0.2) is 9.97 Å². The van der Waals surface area contributed by atoms with Gasteiger partial charge in [-0.3, -0.25) is 28.3 Å². The Morgan fingerprint density at radius 3 is 1.56 bits per heavy atom. The summed E-state index contributed by atoms with van der Waals surface area (Å²) in [4.78, 5) is 58.9. The zero-order valence-electron chi connectivity index (χ0n) is 38.3. The highest BCUT2D eigenvalue weighted by molar-refractivity contribution is 9.11. The minimum atomic E-state index is -1.94. The number of aliphatic hydroxyl groups excluding tert-OH is 1.